The molecule has 0 spiro atoms. The fourth-order valence-corrected chi connectivity index (χ4v) is 1.13. The van der Waals surface area contributed by atoms with Crippen LogP contribution < -0.4 is 0 Å². The molecule has 3 nitrogen and oxygen atoms in total. The Bertz CT molecular complexity index is 357. The largest absolute Gasteiger partial charge is 0.276 e. The van der Waals surface area contributed by atoms with E-state index in [-0.39, 0.29) is 0 Å². The second-order valence-corrected chi connectivity index (χ2v) is 2.52. The van der Waals surface area contributed by atoms with E-state index >= 15 is 0 Å². The summed E-state index contributed by atoms with van der Waals surface area (Å²) in [6, 6.07) is 1.58. The van der Waals surface area contributed by atoms with Crippen molar-refractivity contribution in [3.63, 3.8) is 0 Å². The molecule has 6 heteroatoms. The highest BCUT2D eigenvalue weighted by Gasteiger charge is 2.19. The van der Waals surface area contributed by atoms with Crippen LogP contribution in [-0.2, 0) is 5.88 Å². The van der Waals surface area contributed by atoms with E-state index in [0.29, 0.717) is 6.07 Å². The Morgan fingerprint density at radius 3 is 2.54 bits per heavy atom. The van der Waals surface area contributed by atoms with Gasteiger partial charge in [0.1, 0.15) is 0 Å². The first-order chi connectivity index (χ1) is 6.07. The lowest BCUT2D eigenvalue weighted by Gasteiger charge is -2.00. The molecule has 0 atom stereocenters. The number of halogens is 3. The van der Waals surface area contributed by atoms with Gasteiger partial charge in [0.25, 0.3) is 5.69 Å². The Morgan fingerprint density at radius 1 is 1.46 bits per heavy atom. The van der Waals surface area contributed by atoms with E-state index in [1.807, 2.05) is 0 Å². The minimum atomic E-state index is -1.26. The second-order valence-electron chi connectivity index (χ2n) is 2.25. The molecule has 0 unspecified atom stereocenters. The zero-order valence-electron chi connectivity index (χ0n) is 6.26. The number of benzene rings is 1. The van der Waals surface area contributed by atoms with Crippen molar-refractivity contribution in [3.05, 3.63) is 39.4 Å². The summed E-state index contributed by atoms with van der Waals surface area (Å²) in [5.74, 6) is -2.83. The summed E-state index contributed by atoms with van der Waals surface area (Å²) in [5.41, 5.74) is -0.930. The molecule has 1 aromatic carbocycles. The number of nitrogens with zero attached hydrogens (tertiary/aromatic N) is 1. The Balaban J connectivity index is 3.38. The van der Waals surface area contributed by atoms with Crippen LogP contribution in [0, 0.1) is 21.7 Å². The van der Waals surface area contributed by atoms with Crippen LogP contribution in [0.5, 0.6) is 0 Å². The zero-order chi connectivity index (χ0) is 10.0. The average Bonchev–Trinajstić information content (AvgIpc) is 2.09. The standard InChI is InChI=1S/C7H4ClF2NO2/c8-3-4-6(11(12)13)2-1-5(9)7(4)10/h1-2H,3H2. The first-order valence-electron chi connectivity index (χ1n) is 3.25. The normalized spacial score (nSPS) is 10.1. The molecular formula is C7H4ClF2NO2. The van der Waals surface area contributed by atoms with Crippen molar-refractivity contribution in [3.8, 4) is 0 Å². The Kier molecular flexibility index (Phi) is 2.77. The van der Waals surface area contributed by atoms with Crippen molar-refractivity contribution >= 4 is 17.3 Å². The van der Waals surface area contributed by atoms with Gasteiger partial charge in [-0.05, 0) is 6.07 Å². The molecule has 0 amide bonds. The zero-order valence-corrected chi connectivity index (χ0v) is 7.02. The highest BCUT2D eigenvalue weighted by molar-refractivity contribution is 6.17. The smallest absolute Gasteiger partial charge is 0.258 e. The third-order valence-corrected chi connectivity index (χ3v) is 1.77. The predicted molar refractivity (Wildman–Crippen MR) is 42.6 cm³/mol. The Morgan fingerprint density at radius 2 is 2.08 bits per heavy atom. The van der Waals surface area contributed by atoms with Crippen LogP contribution in [0.15, 0.2) is 12.1 Å². The molecule has 0 N–H and O–H groups in total. The van der Waals surface area contributed by atoms with Crippen LogP contribution in [0.25, 0.3) is 0 Å². The van der Waals surface area contributed by atoms with Gasteiger partial charge in [0.15, 0.2) is 11.6 Å². The molecule has 0 fully saturated rings. The van der Waals surface area contributed by atoms with Crippen molar-refractivity contribution < 1.29 is 13.7 Å². The molecule has 70 valence electrons. The number of alkyl halides is 1. The molecule has 0 saturated carbocycles. The topological polar surface area (TPSA) is 43.1 Å². The average molecular weight is 208 g/mol. The van der Waals surface area contributed by atoms with E-state index in [1.54, 1.807) is 0 Å². The molecule has 1 aromatic rings. The lowest BCUT2D eigenvalue weighted by Crippen LogP contribution is -1.99. The minimum Gasteiger partial charge on any atom is -0.258 e. The van der Waals surface area contributed by atoms with Gasteiger partial charge in [-0.3, -0.25) is 10.1 Å². The Labute approximate surface area is 77.1 Å². The van der Waals surface area contributed by atoms with Gasteiger partial charge < -0.3 is 0 Å². The molecule has 13 heavy (non-hydrogen) atoms. The minimum absolute atomic E-state index is 0.424. The molecule has 0 aliphatic carbocycles. The van der Waals surface area contributed by atoms with Crippen molar-refractivity contribution in [2.45, 2.75) is 5.88 Å². The first kappa shape index (κ1) is 9.85. The van der Waals surface area contributed by atoms with E-state index in [2.05, 4.69) is 0 Å². The van der Waals surface area contributed by atoms with E-state index < -0.39 is 33.7 Å². The summed E-state index contributed by atoms with van der Waals surface area (Å²) in [6.45, 7) is 0. The van der Waals surface area contributed by atoms with Crippen molar-refractivity contribution in [2.24, 2.45) is 0 Å². The molecule has 0 aromatic heterocycles. The lowest BCUT2D eigenvalue weighted by molar-refractivity contribution is -0.385. The maximum Gasteiger partial charge on any atom is 0.276 e. The highest BCUT2D eigenvalue weighted by atomic mass is 35.5. The highest BCUT2D eigenvalue weighted by Crippen LogP contribution is 2.24. The van der Waals surface area contributed by atoms with Crippen molar-refractivity contribution in [1.82, 2.24) is 0 Å². The van der Waals surface area contributed by atoms with E-state index in [9.17, 15) is 18.9 Å². The van der Waals surface area contributed by atoms with Crippen LogP contribution in [-0.4, -0.2) is 4.92 Å². The summed E-state index contributed by atoms with van der Waals surface area (Å²) < 4.78 is 25.4. The summed E-state index contributed by atoms with van der Waals surface area (Å²) in [5, 5.41) is 10.3. The van der Waals surface area contributed by atoms with Crippen LogP contribution in [0.4, 0.5) is 14.5 Å². The lowest BCUT2D eigenvalue weighted by atomic mass is 10.2. The van der Waals surface area contributed by atoms with Gasteiger partial charge in [-0.2, -0.15) is 0 Å². The molecule has 0 radical (unpaired) electrons. The molecule has 0 bridgehead atoms. The molecule has 0 heterocycles. The SMILES string of the molecule is O=[N+]([O-])c1ccc(F)c(F)c1CCl. The first-order valence-corrected chi connectivity index (χ1v) is 3.78. The molecule has 0 aliphatic heterocycles. The van der Waals surface area contributed by atoms with E-state index in [4.69, 9.17) is 11.6 Å². The summed E-state index contributed by atoms with van der Waals surface area (Å²) >= 11 is 5.24. The van der Waals surface area contributed by atoms with E-state index in [1.165, 1.54) is 0 Å². The maximum atomic E-state index is 12.9. The second kappa shape index (κ2) is 3.66. The fourth-order valence-electron chi connectivity index (χ4n) is 0.881. The predicted octanol–water partition coefficient (Wildman–Crippen LogP) is 2.61. The van der Waals surface area contributed by atoms with Gasteiger partial charge in [-0.25, -0.2) is 8.78 Å². The summed E-state index contributed by atoms with van der Waals surface area (Å²) in [4.78, 5) is 9.50. The molecule has 0 aliphatic rings. The molecule has 0 saturated heterocycles. The molecule has 1 rings (SSSR count). The van der Waals surface area contributed by atoms with Gasteiger partial charge in [0, 0.05) is 6.07 Å². The van der Waals surface area contributed by atoms with Gasteiger partial charge in [-0.1, -0.05) is 0 Å². The Hall–Kier alpha value is -1.23. The van der Waals surface area contributed by atoms with Gasteiger partial charge >= 0.3 is 0 Å². The van der Waals surface area contributed by atoms with Gasteiger partial charge in [-0.15, -0.1) is 11.6 Å². The number of rotatable bonds is 2. The number of nitro benzene ring substituents is 1. The molecular weight excluding hydrogens is 204 g/mol. The monoisotopic (exact) mass is 207 g/mol. The van der Waals surface area contributed by atoms with Crippen LogP contribution in [0.3, 0.4) is 0 Å². The number of hydrogen-bond donors (Lipinski definition) is 0. The van der Waals surface area contributed by atoms with Crippen molar-refractivity contribution in [1.29, 1.82) is 0 Å². The van der Waals surface area contributed by atoms with Gasteiger partial charge in [0.05, 0.1) is 16.4 Å². The van der Waals surface area contributed by atoms with Gasteiger partial charge in [0.2, 0.25) is 0 Å². The van der Waals surface area contributed by atoms with Crippen LogP contribution in [0.1, 0.15) is 5.56 Å². The summed E-state index contributed by atoms with van der Waals surface area (Å²) in [7, 11) is 0. The third-order valence-electron chi connectivity index (χ3n) is 1.50. The van der Waals surface area contributed by atoms with Crippen molar-refractivity contribution in [2.75, 3.05) is 0 Å². The third kappa shape index (κ3) is 1.75. The maximum absolute atomic E-state index is 12.9. The van der Waals surface area contributed by atoms with Crippen LogP contribution in [0.2, 0.25) is 0 Å². The number of nitro groups is 1. The summed E-state index contributed by atoms with van der Waals surface area (Å²) in [6.07, 6.45) is 0. The van der Waals surface area contributed by atoms with E-state index in [0.717, 1.165) is 6.07 Å². The fraction of sp³-hybridized carbons (Fsp3) is 0.143. The quantitative estimate of drug-likeness (QED) is 0.425. The number of hydrogen-bond acceptors (Lipinski definition) is 2. The van der Waals surface area contributed by atoms with Crippen LogP contribution >= 0.6 is 11.6 Å².